The molecule has 0 aromatic heterocycles. The fraction of sp³-hybridized carbons (Fsp3) is 0.519. The Hall–Kier alpha value is -2.73. The molecule has 0 aliphatic rings. The number of esters is 1. The van der Waals surface area contributed by atoms with Crippen molar-refractivity contribution in [1.82, 2.24) is 0 Å². The van der Waals surface area contributed by atoms with E-state index in [-0.39, 0.29) is 12.6 Å². The summed E-state index contributed by atoms with van der Waals surface area (Å²) < 4.78 is 43.2. The van der Waals surface area contributed by atoms with Gasteiger partial charge in [-0.25, -0.2) is 4.79 Å². The van der Waals surface area contributed by atoms with Gasteiger partial charge in [0.2, 0.25) is 0 Å². The van der Waals surface area contributed by atoms with Crippen LogP contribution in [0.3, 0.4) is 0 Å². The molecule has 0 spiro atoms. The highest BCUT2D eigenvalue weighted by molar-refractivity contribution is 5.89. The summed E-state index contributed by atoms with van der Waals surface area (Å²) in [5.41, 5.74) is 6.86. The number of rotatable bonds is 23. The van der Waals surface area contributed by atoms with E-state index in [1.54, 1.807) is 36.4 Å². The molecule has 10 heteroatoms. The second kappa shape index (κ2) is 21.4. The first-order valence-electron chi connectivity index (χ1n) is 12.4. The van der Waals surface area contributed by atoms with Gasteiger partial charge in [0.1, 0.15) is 19.0 Å². The van der Waals surface area contributed by atoms with E-state index >= 15 is 0 Å². The van der Waals surface area contributed by atoms with Gasteiger partial charge in [-0.2, -0.15) is 0 Å². The molecule has 0 amide bonds. The number of ether oxygens (including phenoxy) is 8. The Kier molecular flexibility index (Phi) is 17.6. The molecular weight excluding hydrogens is 482 g/mol. The molecule has 0 saturated heterocycles. The minimum atomic E-state index is -0.354. The van der Waals surface area contributed by atoms with E-state index in [9.17, 15) is 4.79 Å². The number of hydrogen-bond donors (Lipinski definition) is 1. The summed E-state index contributed by atoms with van der Waals surface area (Å²) in [5.74, 6) is 0.414. The second-order valence-electron chi connectivity index (χ2n) is 7.59. The Morgan fingerprint density at radius 2 is 0.919 bits per heavy atom. The van der Waals surface area contributed by atoms with Crippen molar-refractivity contribution in [2.75, 3.05) is 98.2 Å². The van der Waals surface area contributed by atoms with Crippen molar-refractivity contribution in [3.8, 4) is 5.75 Å². The maximum absolute atomic E-state index is 11.7. The molecule has 2 aromatic carbocycles. The summed E-state index contributed by atoms with van der Waals surface area (Å²) in [6.07, 6.45) is 0. The monoisotopic (exact) mass is 521 g/mol. The van der Waals surface area contributed by atoms with Crippen LogP contribution in [-0.2, 0) is 33.2 Å². The van der Waals surface area contributed by atoms with E-state index < -0.39 is 0 Å². The van der Waals surface area contributed by atoms with Gasteiger partial charge in [-0.15, -0.1) is 0 Å². The van der Waals surface area contributed by atoms with Crippen LogP contribution in [0.2, 0.25) is 0 Å². The second-order valence-corrected chi connectivity index (χ2v) is 7.59. The van der Waals surface area contributed by atoms with Crippen LogP contribution < -0.4 is 10.5 Å². The summed E-state index contributed by atoms with van der Waals surface area (Å²) in [7, 11) is 0. The molecule has 0 bridgehead atoms. The van der Waals surface area contributed by atoms with E-state index in [0.29, 0.717) is 97.1 Å². The summed E-state index contributed by atoms with van der Waals surface area (Å²) in [6.45, 7) is 6.30. The molecule has 206 valence electrons. The molecule has 0 radical (unpaired) electrons. The molecule has 0 fully saturated rings. The molecule has 0 saturated carbocycles. The fourth-order valence-corrected chi connectivity index (χ4v) is 2.83. The van der Waals surface area contributed by atoms with Crippen LogP contribution in [0.4, 0.5) is 5.69 Å². The normalized spacial score (nSPS) is 10.9. The van der Waals surface area contributed by atoms with Crippen LogP contribution in [0.25, 0.3) is 0 Å². The average Bonchev–Trinajstić information content (AvgIpc) is 2.93. The molecule has 37 heavy (non-hydrogen) atoms. The predicted octanol–water partition coefficient (Wildman–Crippen LogP) is 2.60. The molecule has 0 atom stereocenters. The molecule has 2 aromatic rings. The van der Waals surface area contributed by atoms with Gasteiger partial charge in [-0.1, -0.05) is 18.2 Å². The topological polar surface area (TPSA) is 117 Å². The number of hydrogen-bond acceptors (Lipinski definition) is 10. The minimum Gasteiger partial charge on any atom is -0.491 e. The van der Waals surface area contributed by atoms with Gasteiger partial charge >= 0.3 is 5.97 Å². The van der Waals surface area contributed by atoms with Crippen molar-refractivity contribution in [2.24, 2.45) is 0 Å². The fourth-order valence-electron chi connectivity index (χ4n) is 2.83. The lowest BCUT2D eigenvalue weighted by atomic mass is 10.2. The molecular formula is C27H39NO9. The van der Waals surface area contributed by atoms with Crippen molar-refractivity contribution in [2.45, 2.75) is 0 Å². The number of nitrogens with two attached hydrogens (primary N) is 1. The van der Waals surface area contributed by atoms with Gasteiger partial charge in [0, 0.05) is 5.69 Å². The van der Waals surface area contributed by atoms with E-state index in [0.717, 1.165) is 5.75 Å². The Bertz CT molecular complexity index is 805. The van der Waals surface area contributed by atoms with Gasteiger partial charge in [0.15, 0.2) is 0 Å². The lowest BCUT2D eigenvalue weighted by molar-refractivity contribution is -0.0201. The molecule has 2 rings (SSSR count). The summed E-state index contributed by atoms with van der Waals surface area (Å²) >= 11 is 0. The highest BCUT2D eigenvalue weighted by Gasteiger charge is 2.05. The van der Waals surface area contributed by atoms with Crippen molar-refractivity contribution in [3.63, 3.8) is 0 Å². The van der Waals surface area contributed by atoms with Crippen molar-refractivity contribution >= 4 is 11.7 Å². The molecule has 10 nitrogen and oxygen atoms in total. The third-order valence-electron chi connectivity index (χ3n) is 4.71. The number of benzene rings is 2. The Labute approximate surface area is 218 Å². The van der Waals surface area contributed by atoms with Crippen molar-refractivity contribution in [1.29, 1.82) is 0 Å². The third-order valence-corrected chi connectivity index (χ3v) is 4.71. The number of nitrogen functional groups attached to an aromatic ring is 1. The Balaban J connectivity index is 1.21. The molecule has 0 aliphatic carbocycles. The first-order valence-corrected chi connectivity index (χ1v) is 12.4. The summed E-state index contributed by atoms with van der Waals surface area (Å²) in [6, 6.07) is 16.1. The summed E-state index contributed by atoms with van der Waals surface area (Å²) in [4.78, 5) is 11.7. The van der Waals surface area contributed by atoms with Gasteiger partial charge < -0.3 is 43.6 Å². The lowest BCUT2D eigenvalue weighted by Gasteiger charge is -2.09. The quantitative estimate of drug-likeness (QED) is 0.133. The predicted molar refractivity (Wildman–Crippen MR) is 138 cm³/mol. The first-order chi connectivity index (χ1) is 18.3. The van der Waals surface area contributed by atoms with Crippen LogP contribution in [0.1, 0.15) is 10.4 Å². The van der Waals surface area contributed by atoms with Crippen LogP contribution in [0, 0.1) is 0 Å². The highest BCUT2D eigenvalue weighted by atomic mass is 16.6. The molecule has 0 aliphatic heterocycles. The number of carbonyl (C=O) groups excluding carboxylic acids is 1. The highest BCUT2D eigenvalue weighted by Crippen LogP contribution is 2.12. The zero-order valence-corrected chi connectivity index (χ0v) is 21.3. The zero-order chi connectivity index (χ0) is 26.2. The van der Waals surface area contributed by atoms with Crippen LogP contribution in [0.15, 0.2) is 54.6 Å². The Morgan fingerprint density at radius 1 is 0.514 bits per heavy atom. The number of carbonyl (C=O) groups is 1. The first kappa shape index (κ1) is 30.5. The lowest BCUT2D eigenvalue weighted by Crippen LogP contribution is -2.15. The van der Waals surface area contributed by atoms with E-state index in [2.05, 4.69) is 0 Å². The summed E-state index contributed by atoms with van der Waals surface area (Å²) in [5, 5.41) is 0. The van der Waals surface area contributed by atoms with Crippen LogP contribution >= 0.6 is 0 Å². The van der Waals surface area contributed by atoms with E-state index in [1.807, 2.05) is 18.2 Å². The zero-order valence-electron chi connectivity index (χ0n) is 21.3. The van der Waals surface area contributed by atoms with Crippen molar-refractivity contribution < 1.29 is 42.7 Å². The van der Waals surface area contributed by atoms with E-state index in [1.165, 1.54) is 0 Å². The van der Waals surface area contributed by atoms with Gasteiger partial charge in [-0.05, 0) is 36.4 Å². The standard InChI is InChI=1S/C27H39NO9/c28-25-6-8-26(9-7-25)36-22-20-34-18-16-32-14-12-30-10-11-31-13-15-33-17-19-35-21-23-37-27(29)24-4-2-1-3-5-24/h1-9H,10-23,28H2. The van der Waals surface area contributed by atoms with Gasteiger partial charge in [0.25, 0.3) is 0 Å². The van der Waals surface area contributed by atoms with Crippen molar-refractivity contribution in [3.05, 3.63) is 60.2 Å². The minimum absolute atomic E-state index is 0.205. The van der Waals surface area contributed by atoms with Crippen LogP contribution in [0.5, 0.6) is 5.75 Å². The number of anilines is 1. The third kappa shape index (κ3) is 16.6. The van der Waals surface area contributed by atoms with Crippen LogP contribution in [-0.4, -0.2) is 98.5 Å². The molecule has 0 heterocycles. The van der Waals surface area contributed by atoms with Gasteiger partial charge in [0.05, 0.1) is 84.8 Å². The maximum Gasteiger partial charge on any atom is 0.338 e. The van der Waals surface area contributed by atoms with E-state index in [4.69, 9.17) is 43.6 Å². The van der Waals surface area contributed by atoms with Gasteiger partial charge in [-0.3, -0.25) is 0 Å². The Morgan fingerprint density at radius 3 is 1.38 bits per heavy atom. The average molecular weight is 522 g/mol. The maximum atomic E-state index is 11.7. The smallest absolute Gasteiger partial charge is 0.338 e. The molecule has 0 unspecified atom stereocenters. The molecule has 2 N–H and O–H groups in total. The largest absolute Gasteiger partial charge is 0.491 e. The SMILES string of the molecule is Nc1ccc(OCCOCCOCCOCCOCCOCCOCCOC(=O)c2ccccc2)cc1.